The molecular weight excluding hydrogens is 388 g/mol. The minimum absolute atomic E-state index is 0.229. The molecule has 2 aromatic rings. The van der Waals surface area contributed by atoms with Crippen molar-refractivity contribution in [1.29, 1.82) is 0 Å². The van der Waals surface area contributed by atoms with Crippen molar-refractivity contribution < 1.29 is 19.2 Å². The molecule has 1 heterocycles. The van der Waals surface area contributed by atoms with Gasteiger partial charge < -0.3 is 24.6 Å². The maximum absolute atomic E-state index is 12.5. The van der Waals surface area contributed by atoms with E-state index >= 15 is 0 Å². The summed E-state index contributed by atoms with van der Waals surface area (Å²) in [5.74, 6) is 0.736. The number of anilines is 2. The monoisotopic (exact) mass is 415 g/mol. The van der Waals surface area contributed by atoms with Gasteiger partial charge >= 0.3 is 0 Å². The van der Waals surface area contributed by atoms with Gasteiger partial charge in [-0.3, -0.25) is 10.1 Å². The second-order valence-electron chi connectivity index (χ2n) is 7.00. The van der Waals surface area contributed by atoms with E-state index in [1.54, 1.807) is 23.1 Å². The zero-order valence-electron chi connectivity index (χ0n) is 17.0. The molecule has 3 N–H and O–H groups in total. The first kappa shape index (κ1) is 20.9. The number of likely N-dealkylation sites (N-methyl/N-ethyl adjacent to an activating group) is 1. The highest BCUT2D eigenvalue weighted by Crippen LogP contribution is 2.22. The second-order valence-corrected chi connectivity index (χ2v) is 7.41. The Morgan fingerprint density at radius 3 is 2.17 bits per heavy atom. The first-order chi connectivity index (χ1) is 14.0. The van der Waals surface area contributed by atoms with Crippen molar-refractivity contribution in [3.8, 4) is 11.5 Å². The summed E-state index contributed by atoms with van der Waals surface area (Å²) in [5, 5.41) is 5.97. The fraction of sp³-hybridized carbons (Fsp3) is 0.333. The number of amides is 1. The zero-order valence-corrected chi connectivity index (χ0v) is 17.8. The van der Waals surface area contributed by atoms with Crippen LogP contribution in [0.2, 0.25) is 0 Å². The Kier molecular flexibility index (Phi) is 6.90. The summed E-state index contributed by atoms with van der Waals surface area (Å²) >= 11 is 5.29. The van der Waals surface area contributed by atoms with E-state index in [4.69, 9.17) is 21.7 Å². The molecule has 0 spiro atoms. The maximum atomic E-state index is 12.5. The van der Waals surface area contributed by atoms with Crippen LogP contribution in [0.25, 0.3) is 0 Å². The van der Waals surface area contributed by atoms with E-state index < -0.39 is 0 Å². The summed E-state index contributed by atoms with van der Waals surface area (Å²) in [4.78, 5) is 16.5. The van der Waals surface area contributed by atoms with Gasteiger partial charge in [0.15, 0.2) is 5.11 Å². The lowest BCUT2D eigenvalue weighted by molar-refractivity contribution is -0.880. The zero-order chi connectivity index (χ0) is 20.8. The van der Waals surface area contributed by atoms with Crippen molar-refractivity contribution >= 4 is 34.6 Å². The maximum Gasteiger partial charge on any atom is 0.257 e. The van der Waals surface area contributed by atoms with Crippen LogP contribution >= 0.6 is 12.2 Å². The number of methoxy groups -OCH3 is 2. The summed E-state index contributed by atoms with van der Waals surface area (Å²) in [6.45, 7) is 4.39. The number of benzene rings is 2. The molecular formula is C21H27N4O3S+. The molecule has 0 bridgehead atoms. The molecule has 3 rings (SSSR count). The van der Waals surface area contributed by atoms with Crippen molar-refractivity contribution in [3.63, 3.8) is 0 Å². The van der Waals surface area contributed by atoms with E-state index in [9.17, 15) is 4.79 Å². The molecule has 1 aliphatic heterocycles. The molecule has 29 heavy (non-hydrogen) atoms. The molecule has 7 nitrogen and oxygen atoms in total. The van der Waals surface area contributed by atoms with Crippen LogP contribution in [-0.2, 0) is 0 Å². The van der Waals surface area contributed by atoms with Crippen LogP contribution in [0.1, 0.15) is 10.4 Å². The number of nitrogens with zero attached hydrogens (tertiary/aromatic N) is 1. The number of nitrogens with one attached hydrogen (secondary N) is 3. The summed E-state index contributed by atoms with van der Waals surface area (Å²) in [6, 6.07) is 13.0. The Hall–Kier alpha value is -2.84. The van der Waals surface area contributed by atoms with Crippen molar-refractivity contribution in [2.45, 2.75) is 0 Å². The lowest BCUT2D eigenvalue weighted by Gasteiger charge is -2.31. The smallest absolute Gasteiger partial charge is 0.257 e. The van der Waals surface area contributed by atoms with E-state index in [2.05, 4.69) is 34.7 Å². The average molecular weight is 416 g/mol. The van der Waals surface area contributed by atoms with Gasteiger partial charge in [0.1, 0.15) is 11.5 Å². The second kappa shape index (κ2) is 9.58. The lowest BCUT2D eigenvalue weighted by Crippen LogP contribution is -3.12. The van der Waals surface area contributed by atoms with Crippen LogP contribution in [-0.4, -0.2) is 58.5 Å². The van der Waals surface area contributed by atoms with E-state index in [-0.39, 0.29) is 11.0 Å². The average Bonchev–Trinajstić information content (AvgIpc) is 2.74. The van der Waals surface area contributed by atoms with Crippen LogP contribution < -0.4 is 29.9 Å². The molecule has 0 aliphatic carbocycles. The molecule has 0 radical (unpaired) electrons. The Labute approximate surface area is 176 Å². The Morgan fingerprint density at radius 2 is 1.62 bits per heavy atom. The van der Waals surface area contributed by atoms with Gasteiger partial charge in [-0.25, -0.2) is 0 Å². The van der Waals surface area contributed by atoms with Crippen LogP contribution in [0.5, 0.6) is 11.5 Å². The molecule has 2 aromatic carbocycles. The van der Waals surface area contributed by atoms with Gasteiger partial charge in [-0.15, -0.1) is 0 Å². The standard InChI is InChI=1S/C21H26N4O3S/c1-24-8-10-25(11-9-24)17-6-4-16(5-7-17)22-21(29)23-20(26)15-12-18(27-2)14-19(13-15)28-3/h4-7,12-14H,8-11H2,1-3H3,(H2,22,23,26,29)/p+1. The summed E-state index contributed by atoms with van der Waals surface area (Å²) in [5.41, 5.74) is 2.42. The molecule has 154 valence electrons. The van der Waals surface area contributed by atoms with Crippen molar-refractivity contribution in [1.82, 2.24) is 5.32 Å². The molecule has 1 fully saturated rings. The van der Waals surface area contributed by atoms with Gasteiger partial charge in [0.05, 0.1) is 47.4 Å². The summed E-state index contributed by atoms with van der Waals surface area (Å²) in [7, 11) is 5.30. The molecule has 1 aliphatic rings. The molecule has 0 unspecified atom stereocenters. The minimum atomic E-state index is -0.337. The molecule has 8 heteroatoms. The van der Waals surface area contributed by atoms with Gasteiger partial charge in [0.25, 0.3) is 5.91 Å². The molecule has 1 amide bonds. The normalized spacial score (nSPS) is 14.2. The van der Waals surface area contributed by atoms with Crippen LogP contribution in [0.15, 0.2) is 42.5 Å². The van der Waals surface area contributed by atoms with Gasteiger partial charge in [-0.1, -0.05) is 0 Å². The molecule has 0 atom stereocenters. The van der Waals surface area contributed by atoms with Crippen molar-refractivity contribution in [2.75, 3.05) is 57.7 Å². The van der Waals surface area contributed by atoms with Crippen molar-refractivity contribution in [3.05, 3.63) is 48.0 Å². The largest absolute Gasteiger partial charge is 0.497 e. The number of carbonyl (C=O) groups excluding carboxylic acids is 1. The van der Waals surface area contributed by atoms with E-state index in [0.29, 0.717) is 17.1 Å². The van der Waals surface area contributed by atoms with Crippen molar-refractivity contribution in [2.24, 2.45) is 0 Å². The van der Waals surface area contributed by atoms with Gasteiger partial charge in [-0.05, 0) is 48.6 Å². The topological polar surface area (TPSA) is 67.3 Å². The highest BCUT2D eigenvalue weighted by atomic mass is 32.1. The quantitative estimate of drug-likeness (QED) is 0.637. The Balaban J connectivity index is 1.58. The number of hydrogen-bond donors (Lipinski definition) is 3. The number of rotatable bonds is 5. The van der Waals surface area contributed by atoms with Gasteiger partial charge in [-0.2, -0.15) is 0 Å². The highest BCUT2D eigenvalue weighted by molar-refractivity contribution is 7.80. The predicted octanol–water partition coefficient (Wildman–Crippen LogP) is 1.17. The third-order valence-corrected chi connectivity index (χ3v) is 5.15. The van der Waals surface area contributed by atoms with Crippen LogP contribution in [0, 0.1) is 0 Å². The fourth-order valence-corrected chi connectivity index (χ4v) is 3.39. The SMILES string of the molecule is COc1cc(OC)cc(C(=O)NC(=S)Nc2ccc(N3CC[NH+](C)CC3)cc2)c1. The van der Waals surface area contributed by atoms with Gasteiger partial charge in [0, 0.05) is 23.0 Å². The Bertz CT molecular complexity index is 842. The third kappa shape index (κ3) is 5.58. The number of hydrogen-bond acceptors (Lipinski definition) is 5. The molecule has 1 saturated heterocycles. The van der Waals surface area contributed by atoms with Crippen LogP contribution in [0.4, 0.5) is 11.4 Å². The first-order valence-corrected chi connectivity index (χ1v) is 9.91. The third-order valence-electron chi connectivity index (χ3n) is 4.95. The number of thiocarbonyl (C=S) groups is 1. The summed E-state index contributed by atoms with van der Waals surface area (Å²) < 4.78 is 10.4. The molecule has 0 aromatic heterocycles. The highest BCUT2D eigenvalue weighted by Gasteiger charge is 2.17. The lowest BCUT2D eigenvalue weighted by atomic mass is 10.2. The van der Waals surface area contributed by atoms with E-state index in [1.165, 1.54) is 19.9 Å². The predicted molar refractivity (Wildman–Crippen MR) is 119 cm³/mol. The minimum Gasteiger partial charge on any atom is -0.497 e. The molecule has 0 saturated carbocycles. The number of piperazine rings is 1. The van der Waals surface area contributed by atoms with Gasteiger partial charge in [0.2, 0.25) is 0 Å². The Morgan fingerprint density at radius 1 is 1.03 bits per heavy atom. The van der Waals surface area contributed by atoms with E-state index in [1.807, 2.05) is 12.1 Å². The van der Waals surface area contributed by atoms with Crippen LogP contribution in [0.3, 0.4) is 0 Å². The number of ether oxygens (including phenoxy) is 2. The fourth-order valence-electron chi connectivity index (χ4n) is 3.18. The first-order valence-electron chi connectivity index (χ1n) is 9.50. The summed E-state index contributed by atoms with van der Waals surface area (Å²) in [6.07, 6.45) is 0. The number of carbonyl (C=O) groups is 1. The van der Waals surface area contributed by atoms with E-state index in [0.717, 1.165) is 31.9 Å². The number of quaternary nitrogens is 1.